The van der Waals surface area contributed by atoms with Crippen LogP contribution >= 0.6 is 0 Å². The van der Waals surface area contributed by atoms with Gasteiger partial charge in [0.1, 0.15) is 28.8 Å². The summed E-state index contributed by atoms with van der Waals surface area (Å²) in [6.07, 6.45) is 0. The third-order valence-electron chi connectivity index (χ3n) is 3.64. The molecule has 0 atom stereocenters. The first-order chi connectivity index (χ1) is 12.9. The van der Waals surface area contributed by atoms with Gasteiger partial charge in [-0.2, -0.15) is 9.78 Å². The first-order valence-electron chi connectivity index (χ1n) is 7.64. The van der Waals surface area contributed by atoms with Gasteiger partial charge in [0.25, 0.3) is 11.5 Å². The van der Waals surface area contributed by atoms with Crippen LogP contribution in [-0.4, -0.2) is 27.9 Å². The van der Waals surface area contributed by atoms with Crippen molar-refractivity contribution < 1.29 is 23.4 Å². The van der Waals surface area contributed by atoms with Crippen LogP contribution in [0.5, 0.6) is 11.5 Å². The van der Waals surface area contributed by atoms with E-state index in [1.165, 1.54) is 13.2 Å². The number of aromatic nitrogens is 2. The topological polar surface area (TPSA) is 93.5 Å². The van der Waals surface area contributed by atoms with E-state index >= 15 is 0 Å². The van der Waals surface area contributed by atoms with E-state index in [1.807, 2.05) is 5.32 Å². The largest absolute Gasteiger partial charge is 0.505 e. The van der Waals surface area contributed by atoms with Crippen molar-refractivity contribution in [1.82, 2.24) is 9.78 Å². The van der Waals surface area contributed by atoms with Crippen LogP contribution in [0.15, 0.2) is 53.3 Å². The molecule has 0 aliphatic heterocycles. The van der Waals surface area contributed by atoms with Crippen LogP contribution < -0.4 is 15.6 Å². The molecule has 1 aromatic heterocycles. The molecule has 9 heteroatoms. The van der Waals surface area contributed by atoms with Gasteiger partial charge in [-0.1, -0.05) is 18.2 Å². The van der Waals surface area contributed by atoms with E-state index in [0.29, 0.717) is 5.75 Å². The number of aromatic hydroxyl groups is 1. The predicted molar refractivity (Wildman–Crippen MR) is 92.4 cm³/mol. The van der Waals surface area contributed by atoms with E-state index in [9.17, 15) is 23.5 Å². The van der Waals surface area contributed by atoms with Crippen molar-refractivity contribution in [3.63, 3.8) is 0 Å². The zero-order chi connectivity index (χ0) is 19.6. The van der Waals surface area contributed by atoms with Crippen molar-refractivity contribution >= 4 is 11.6 Å². The van der Waals surface area contributed by atoms with E-state index in [-0.39, 0.29) is 5.69 Å². The monoisotopic (exact) mass is 373 g/mol. The molecule has 0 aliphatic carbocycles. The number of hydrogen-bond donors (Lipinski definition) is 2. The molecule has 0 bridgehead atoms. The molecule has 0 unspecified atom stereocenters. The average Bonchev–Trinajstić information content (AvgIpc) is 2.65. The minimum atomic E-state index is -1.10. The zero-order valence-electron chi connectivity index (χ0n) is 13.9. The van der Waals surface area contributed by atoms with Gasteiger partial charge in [0.15, 0.2) is 11.4 Å². The van der Waals surface area contributed by atoms with Crippen LogP contribution in [0.25, 0.3) is 5.69 Å². The Hall–Kier alpha value is -3.75. The maximum atomic E-state index is 13.7. The second kappa shape index (κ2) is 7.24. The van der Waals surface area contributed by atoms with E-state index in [0.717, 1.165) is 28.9 Å². The number of nitrogens with one attached hydrogen (secondary N) is 1. The molecule has 0 aliphatic rings. The van der Waals surface area contributed by atoms with Crippen molar-refractivity contribution in [2.75, 3.05) is 12.4 Å². The lowest BCUT2D eigenvalue weighted by Gasteiger charge is -2.12. The third kappa shape index (κ3) is 3.47. The number of carbonyl (C=O) groups is 1. The van der Waals surface area contributed by atoms with Gasteiger partial charge in [0.2, 0.25) is 0 Å². The molecule has 1 amide bonds. The lowest BCUT2D eigenvalue weighted by atomic mass is 10.2. The fourth-order valence-corrected chi connectivity index (χ4v) is 2.38. The third-order valence-corrected chi connectivity index (χ3v) is 3.64. The fourth-order valence-electron chi connectivity index (χ4n) is 2.38. The number of benzene rings is 2. The van der Waals surface area contributed by atoms with Crippen molar-refractivity contribution in [3.8, 4) is 17.2 Å². The molecule has 3 rings (SSSR count). The first-order valence-corrected chi connectivity index (χ1v) is 7.64. The summed E-state index contributed by atoms with van der Waals surface area (Å²) in [7, 11) is 1.39. The standard InChI is InChI=1S/C18H13F2N3O4/c1-27-14-8-3-2-7-12(14)23-15(25)9-13(24)17(22-23)18(26)21-16-10(19)5-4-6-11(16)20/h2-9,24H,1H3,(H,21,26). The molecule has 3 aromatic rings. The molecule has 0 saturated carbocycles. The van der Waals surface area contributed by atoms with E-state index in [1.54, 1.807) is 18.2 Å². The second-order valence-electron chi connectivity index (χ2n) is 5.35. The number of para-hydroxylation sites is 3. The normalized spacial score (nSPS) is 10.5. The van der Waals surface area contributed by atoms with E-state index in [4.69, 9.17) is 4.74 Å². The van der Waals surface area contributed by atoms with Gasteiger partial charge in [0.05, 0.1) is 7.11 Å². The molecule has 0 radical (unpaired) electrons. The Bertz CT molecular complexity index is 1060. The van der Waals surface area contributed by atoms with E-state index in [2.05, 4.69) is 5.10 Å². The highest BCUT2D eigenvalue weighted by Gasteiger charge is 2.20. The highest BCUT2D eigenvalue weighted by molar-refractivity contribution is 6.04. The Morgan fingerprint density at radius 1 is 1.15 bits per heavy atom. The van der Waals surface area contributed by atoms with Crippen molar-refractivity contribution in [3.05, 3.63) is 76.2 Å². The van der Waals surface area contributed by atoms with Crippen LogP contribution in [-0.2, 0) is 0 Å². The summed E-state index contributed by atoms with van der Waals surface area (Å²) in [5, 5.41) is 15.7. The van der Waals surface area contributed by atoms with E-state index < -0.39 is 40.2 Å². The van der Waals surface area contributed by atoms with Crippen molar-refractivity contribution in [2.45, 2.75) is 0 Å². The highest BCUT2D eigenvalue weighted by Crippen LogP contribution is 2.23. The predicted octanol–water partition coefficient (Wildman–Crippen LogP) is 2.48. The van der Waals surface area contributed by atoms with Gasteiger partial charge in [-0.15, -0.1) is 0 Å². The quantitative estimate of drug-likeness (QED) is 0.733. The molecule has 2 N–H and O–H groups in total. The maximum Gasteiger partial charge on any atom is 0.280 e. The van der Waals surface area contributed by atoms with Crippen LogP contribution in [0, 0.1) is 11.6 Å². The molecule has 2 aromatic carbocycles. The van der Waals surface area contributed by atoms with Crippen molar-refractivity contribution in [1.29, 1.82) is 0 Å². The number of halogens is 2. The fraction of sp³-hybridized carbons (Fsp3) is 0.0556. The molecule has 27 heavy (non-hydrogen) atoms. The number of ether oxygens (including phenoxy) is 1. The number of nitrogens with zero attached hydrogens (tertiary/aromatic N) is 2. The van der Waals surface area contributed by atoms with Gasteiger partial charge < -0.3 is 15.2 Å². The number of anilines is 1. The van der Waals surface area contributed by atoms with Crippen molar-refractivity contribution in [2.24, 2.45) is 0 Å². The van der Waals surface area contributed by atoms with Crippen LogP contribution in [0.4, 0.5) is 14.5 Å². The zero-order valence-corrected chi connectivity index (χ0v) is 13.9. The minimum Gasteiger partial charge on any atom is -0.505 e. The van der Waals surface area contributed by atoms with Crippen LogP contribution in [0.1, 0.15) is 10.5 Å². The number of hydrogen-bond acceptors (Lipinski definition) is 5. The van der Waals surface area contributed by atoms with Gasteiger partial charge in [0, 0.05) is 6.07 Å². The molecule has 0 fully saturated rings. The maximum absolute atomic E-state index is 13.7. The van der Waals surface area contributed by atoms with Gasteiger partial charge >= 0.3 is 0 Å². The molecular weight excluding hydrogens is 360 g/mol. The number of amides is 1. The average molecular weight is 373 g/mol. The smallest absolute Gasteiger partial charge is 0.280 e. The molecule has 0 saturated heterocycles. The summed E-state index contributed by atoms with van der Waals surface area (Å²) in [5.74, 6) is -3.54. The lowest BCUT2D eigenvalue weighted by molar-refractivity contribution is 0.101. The van der Waals surface area contributed by atoms with Crippen LogP contribution in [0.3, 0.4) is 0 Å². The number of methoxy groups -OCH3 is 1. The summed E-state index contributed by atoms with van der Waals surface area (Å²) in [4.78, 5) is 24.6. The summed E-state index contributed by atoms with van der Waals surface area (Å²) in [6.45, 7) is 0. The Morgan fingerprint density at radius 3 is 2.48 bits per heavy atom. The molecule has 7 nitrogen and oxygen atoms in total. The summed E-state index contributed by atoms with van der Waals surface area (Å²) < 4.78 is 33.4. The molecule has 0 spiro atoms. The molecular formula is C18H13F2N3O4. The first kappa shape index (κ1) is 18.1. The van der Waals surface area contributed by atoms with Gasteiger partial charge in [-0.05, 0) is 24.3 Å². The summed E-state index contributed by atoms with van der Waals surface area (Å²) in [6, 6.07) is 10.2. The SMILES string of the molecule is COc1ccccc1-n1nc(C(=O)Nc2c(F)cccc2F)c(O)cc1=O. The Kier molecular flexibility index (Phi) is 4.84. The summed E-state index contributed by atoms with van der Waals surface area (Å²) >= 11 is 0. The van der Waals surface area contributed by atoms with Gasteiger partial charge in [-0.25, -0.2) is 8.78 Å². The summed E-state index contributed by atoms with van der Waals surface area (Å²) in [5.41, 5.74) is -1.80. The lowest BCUT2D eigenvalue weighted by Crippen LogP contribution is -2.26. The minimum absolute atomic E-state index is 0.219. The highest BCUT2D eigenvalue weighted by atomic mass is 19.1. The molecule has 138 valence electrons. The number of rotatable bonds is 4. The molecule has 1 heterocycles. The number of carbonyl (C=O) groups excluding carboxylic acids is 1. The van der Waals surface area contributed by atoms with Gasteiger partial charge in [-0.3, -0.25) is 9.59 Å². The Balaban J connectivity index is 2.06. The Morgan fingerprint density at radius 2 is 1.81 bits per heavy atom. The second-order valence-corrected chi connectivity index (χ2v) is 5.35. The Labute approximate surface area is 151 Å². The van der Waals surface area contributed by atoms with Crippen LogP contribution in [0.2, 0.25) is 0 Å².